The number of sulfonamides is 1. The molecule has 2 heterocycles. The van der Waals surface area contributed by atoms with Crippen LogP contribution in [0.1, 0.15) is 6.92 Å². The van der Waals surface area contributed by atoms with E-state index in [0.29, 0.717) is 23.1 Å². The summed E-state index contributed by atoms with van der Waals surface area (Å²) in [4.78, 5) is 6.02. The van der Waals surface area contributed by atoms with E-state index < -0.39 is 10.0 Å². The lowest BCUT2D eigenvalue weighted by molar-refractivity contribution is 0.597. The Kier molecular flexibility index (Phi) is 3.76. The van der Waals surface area contributed by atoms with Crippen molar-refractivity contribution < 1.29 is 8.42 Å². The molecular formula is C14H13ClN4O2S. The minimum absolute atomic E-state index is 0.109. The van der Waals surface area contributed by atoms with Crippen LogP contribution in [0.2, 0.25) is 5.02 Å². The van der Waals surface area contributed by atoms with Gasteiger partial charge in [-0.25, -0.2) is 4.98 Å². The van der Waals surface area contributed by atoms with E-state index in [0.717, 1.165) is 0 Å². The first kappa shape index (κ1) is 14.8. The van der Waals surface area contributed by atoms with Crippen molar-refractivity contribution in [3.63, 3.8) is 0 Å². The molecule has 0 saturated heterocycles. The summed E-state index contributed by atoms with van der Waals surface area (Å²) in [5.74, 6) is 0.813. The molecule has 1 aliphatic heterocycles. The SMILES string of the molecule is CCN(C1=NS(=O)(=O)c2ccc(Cl)cc2N1)c1ccccn1. The average molecular weight is 337 g/mol. The maximum Gasteiger partial charge on any atom is 0.287 e. The van der Waals surface area contributed by atoms with E-state index in [9.17, 15) is 8.42 Å². The second-order valence-electron chi connectivity index (χ2n) is 4.59. The van der Waals surface area contributed by atoms with Crippen LogP contribution in [0.25, 0.3) is 0 Å². The number of fused-ring (bicyclic) bond motifs is 1. The number of hydrogen-bond acceptors (Lipinski definition) is 5. The van der Waals surface area contributed by atoms with Crippen molar-refractivity contribution in [2.45, 2.75) is 11.8 Å². The molecule has 0 saturated carbocycles. The predicted molar refractivity (Wildman–Crippen MR) is 87.0 cm³/mol. The Morgan fingerprint density at radius 3 is 2.77 bits per heavy atom. The van der Waals surface area contributed by atoms with E-state index in [1.165, 1.54) is 12.1 Å². The highest BCUT2D eigenvalue weighted by molar-refractivity contribution is 7.90. The van der Waals surface area contributed by atoms with E-state index in [2.05, 4.69) is 14.7 Å². The van der Waals surface area contributed by atoms with Crippen LogP contribution >= 0.6 is 11.6 Å². The number of rotatable bonds is 2. The van der Waals surface area contributed by atoms with Gasteiger partial charge in [-0.3, -0.25) is 4.90 Å². The van der Waals surface area contributed by atoms with E-state index in [1.807, 2.05) is 13.0 Å². The quantitative estimate of drug-likeness (QED) is 0.912. The van der Waals surface area contributed by atoms with Gasteiger partial charge in [-0.15, -0.1) is 4.40 Å². The zero-order valence-electron chi connectivity index (χ0n) is 11.7. The Labute approximate surface area is 133 Å². The zero-order valence-corrected chi connectivity index (χ0v) is 13.3. The summed E-state index contributed by atoms with van der Waals surface area (Å²) < 4.78 is 28.5. The molecule has 114 valence electrons. The number of halogens is 1. The summed E-state index contributed by atoms with van der Waals surface area (Å²) in [6.07, 6.45) is 1.64. The molecule has 22 heavy (non-hydrogen) atoms. The summed E-state index contributed by atoms with van der Waals surface area (Å²) in [5, 5.41) is 3.46. The van der Waals surface area contributed by atoms with Crippen LogP contribution in [0.3, 0.4) is 0 Å². The fourth-order valence-electron chi connectivity index (χ4n) is 2.18. The molecule has 0 radical (unpaired) electrons. The zero-order chi connectivity index (χ0) is 15.7. The van der Waals surface area contributed by atoms with Gasteiger partial charge in [0.05, 0.1) is 5.69 Å². The number of nitrogens with one attached hydrogen (secondary N) is 1. The number of guanidine groups is 1. The van der Waals surface area contributed by atoms with Crippen LogP contribution in [0, 0.1) is 0 Å². The molecule has 0 amide bonds. The van der Waals surface area contributed by atoms with E-state index >= 15 is 0 Å². The van der Waals surface area contributed by atoms with Crippen molar-refractivity contribution in [1.82, 2.24) is 4.98 Å². The fraction of sp³-hybridized carbons (Fsp3) is 0.143. The third-order valence-electron chi connectivity index (χ3n) is 3.17. The Morgan fingerprint density at radius 1 is 1.27 bits per heavy atom. The van der Waals surface area contributed by atoms with Crippen molar-refractivity contribution in [2.24, 2.45) is 4.40 Å². The first-order chi connectivity index (χ1) is 10.5. The van der Waals surface area contributed by atoms with E-state index in [4.69, 9.17) is 11.6 Å². The molecule has 1 aliphatic rings. The number of anilines is 2. The van der Waals surface area contributed by atoms with E-state index in [1.54, 1.807) is 29.3 Å². The van der Waals surface area contributed by atoms with Gasteiger partial charge >= 0.3 is 0 Å². The van der Waals surface area contributed by atoms with Crippen molar-refractivity contribution in [3.8, 4) is 0 Å². The summed E-state index contributed by atoms with van der Waals surface area (Å²) in [6.45, 7) is 2.40. The molecule has 0 bridgehead atoms. The molecule has 0 fully saturated rings. The lowest BCUT2D eigenvalue weighted by atomic mass is 10.3. The topological polar surface area (TPSA) is 74.7 Å². The highest BCUT2D eigenvalue weighted by Gasteiger charge is 2.28. The standard InChI is InChI=1S/C14H13ClN4O2S/c1-2-19(13-5-3-4-8-16-13)14-17-11-9-10(15)6-7-12(11)22(20,21)18-14/h3-9H,2H2,1H3,(H,17,18). The number of aromatic nitrogens is 1. The molecule has 0 spiro atoms. The van der Waals surface area contributed by atoms with Gasteiger partial charge in [-0.1, -0.05) is 17.7 Å². The third kappa shape index (κ3) is 2.65. The van der Waals surface area contributed by atoms with Gasteiger partial charge in [0.15, 0.2) is 0 Å². The van der Waals surface area contributed by atoms with Crippen molar-refractivity contribution in [3.05, 3.63) is 47.6 Å². The Morgan fingerprint density at radius 2 is 2.09 bits per heavy atom. The normalized spacial score (nSPS) is 15.5. The van der Waals surface area contributed by atoms with Gasteiger partial charge < -0.3 is 5.32 Å². The highest BCUT2D eigenvalue weighted by Crippen LogP contribution is 2.30. The molecule has 6 nitrogen and oxygen atoms in total. The predicted octanol–water partition coefficient (Wildman–Crippen LogP) is 2.73. The number of benzene rings is 1. The van der Waals surface area contributed by atoms with Crippen LogP contribution in [-0.4, -0.2) is 25.9 Å². The Hall–Kier alpha value is -2.12. The number of hydrogen-bond donors (Lipinski definition) is 1. The fourth-order valence-corrected chi connectivity index (χ4v) is 3.45. The van der Waals surface area contributed by atoms with Crippen LogP contribution in [-0.2, 0) is 10.0 Å². The second-order valence-corrected chi connectivity index (χ2v) is 6.60. The highest BCUT2D eigenvalue weighted by atomic mass is 35.5. The van der Waals surface area contributed by atoms with Gasteiger partial charge in [-0.05, 0) is 37.3 Å². The molecule has 0 unspecified atom stereocenters. The summed E-state index contributed by atoms with van der Waals surface area (Å²) >= 11 is 5.95. The lowest BCUT2D eigenvalue weighted by Crippen LogP contribution is -2.39. The minimum Gasteiger partial charge on any atom is -0.324 e. The molecule has 2 aromatic rings. The van der Waals surface area contributed by atoms with Crippen molar-refractivity contribution >= 4 is 39.1 Å². The number of pyridine rings is 1. The molecule has 1 aromatic heterocycles. The van der Waals surface area contributed by atoms with E-state index in [-0.39, 0.29) is 10.9 Å². The minimum atomic E-state index is -3.77. The summed E-state index contributed by atoms with van der Waals surface area (Å²) in [7, 11) is -3.77. The maximum atomic E-state index is 12.3. The largest absolute Gasteiger partial charge is 0.324 e. The average Bonchev–Trinajstić information content (AvgIpc) is 2.48. The van der Waals surface area contributed by atoms with Crippen molar-refractivity contribution in [1.29, 1.82) is 0 Å². The third-order valence-corrected chi connectivity index (χ3v) is 4.73. The molecule has 0 atom stereocenters. The molecular weight excluding hydrogens is 324 g/mol. The van der Waals surface area contributed by atoms with Gasteiger partial charge in [0.25, 0.3) is 10.0 Å². The molecule has 1 N–H and O–H groups in total. The molecule has 0 aliphatic carbocycles. The van der Waals surface area contributed by atoms with Crippen LogP contribution in [0.4, 0.5) is 11.5 Å². The van der Waals surface area contributed by atoms with Crippen LogP contribution in [0.5, 0.6) is 0 Å². The summed E-state index contributed by atoms with van der Waals surface area (Å²) in [6, 6.07) is 9.93. The van der Waals surface area contributed by atoms with Gasteiger partial charge in [0.1, 0.15) is 10.7 Å². The Bertz CT molecular complexity index is 837. The number of nitrogens with zero attached hydrogens (tertiary/aromatic N) is 3. The Balaban J connectivity index is 2.08. The van der Waals surface area contributed by atoms with Gasteiger partial charge in [0, 0.05) is 17.8 Å². The maximum absolute atomic E-state index is 12.3. The van der Waals surface area contributed by atoms with Crippen LogP contribution in [0.15, 0.2) is 51.9 Å². The second kappa shape index (κ2) is 5.58. The first-order valence-electron chi connectivity index (χ1n) is 6.61. The molecule has 1 aromatic carbocycles. The van der Waals surface area contributed by atoms with Gasteiger partial charge in [0.2, 0.25) is 5.96 Å². The van der Waals surface area contributed by atoms with Crippen molar-refractivity contribution in [2.75, 3.05) is 16.8 Å². The lowest BCUT2D eigenvalue weighted by Gasteiger charge is -2.27. The van der Waals surface area contributed by atoms with Crippen LogP contribution < -0.4 is 10.2 Å². The summed E-state index contributed by atoms with van der Waals surface area (Å²) in [5.41, 5.74) is 0.409. The molecule has 3 rings (SSSR count). The van der Waals surface area contributed by atoms with Gasteiger partial charge in [-0.2, -0.15) is 8.42 Å². The first-order valence-corrected chi connectivity index (χ1v) is 8.43. The smallest absolute Gasteiger partial charge is 0.287 e. The molecule has 8 heteroatoms. The monoisotopic (exact) mass is 336 g/mol.